The second-order valence-corrected chi connectivity index (χ2v) is 8.25. The first kappa shape index (κ1) is 22.8. The number of methoxy groups -OCH3 is 1. The van der Waals surface area contributed by atoms with Crippen LogP contribution in [0.15, 0.2) is 69.9 Å². The molecular formula is C27H21N5O4. The van der Waals surface area contributed by atoms with Gasteiger partial charge in [0.25, 0.3) is 5.56 Å². The van der Waals surface area contributed by atoms with Gasteiger partial charge in [-0.15, -0.1) is 0 Å². The molecule has 0 spiro atoms. The third-order valence-electron chi connectivity index (χ3n) is 5.96. The lowest BCUT2D eigenvalue weighted by Gasteiger charge is -2.18. The average Bonchev–Trinajstić information content (AvgIpc) is 3.28. The van der Waals surface area contributed by atoms with Crippen molar-refractivity contribution in [3.63, 3.8) is 0 Å². The Balaban J connectivity index is 1.58. The fourth-order valence-corrected chi connectivity index (χ4v) is 4.06. The third kappa shape index (κ3) is 4.05. The monoisotopic (exact) mass is 479 g/mol. The Kier molecular flexibility index (Phi) is 5.70. The zero-order valence-corrected chi connectivity index (χ0v) is 19.8. The van der Waals surface area contributed by atoms with Gasteiger partial charge < -0.3 is 14.1 Å². The maximum absolute atomic E-state index is 13.4. The smallest absolute Gasteiger partial charge is 0.275 e. The Hall–Kier alpha value is -4.97. The first-order valence-corrected chi connectivity index (χ1v) is 11.1. The van der Waals surface area contributed by atoms with E-state index >= 15 is 0 Å². The van der Waals surface area contributed by atoms with Crippen LogP contribution in [0.5, 0.6) is 5.75 Å². The molecule has 9 heteroatoms. The second-order valence-electron chi connectivity index (χ2n) is 8.25. The Labute approximate surface area is 205 Å². The summed E-state index contributed by atoms with van der Waals surface area (Å²) in [5, 5.41) is 14.8. The highest BCUT2D eigenvalue weighted by Gasteiger charge is 2.19. The number of hydrogen-bond donors (Lipinski definition) is 0. The van der Waals surface area contributed by atoms with Crippen LogP contribution in [0.25, 0.3) is 33.1 Å². The Bertz CT molecular complexity index is 1750. The number of benzene rings is 3. The molecule has 0 atom stereocenters. The van der Waals surface area contributed by atoms with Gasteiger partial charge in [0.1, 0.15) is 17.8 Å². The number of aryl methyl sites for hydroxylation is 1. The van der Waals surface area contributed by atoms with Crippen LogP contribution in [-0.4, -0.2) is 34.8 Å². The van der Waals surface area contributed by atoms with Crippen molar-refractivity contribution >= 4 is 33.5 Å². The molecule has 2 aromatic heterocycles. The van der Waals surface area contributed by atoms with Crippen molar-refractivity contribution in [3.05, 3.63) is 82.5 Å². The average molecular weight is 479 g/mol. The summed E-state index contributed by atoms with van der Waals surface area (Å²) < 4.78 is 12.0. The highest BCUT2D eigenvalue weighted by Crippen LogP contribution is 2.28. The largest absolute Gasteiger partial charge is 0.497 e. The number of aromatic nitrogens is 3. The molecular weight excluding hydrogens is 458 g/mol. The molecule has 0 saturated carbocycles. The van der Waals surface area contributed by atoms with E-state index in [4.69, 9.17) is 9.15 Å². The highest BCUT2D eigenvalue weighted by atomic mass is 16.5. The SMILES string of the molecule is COc1ccc2c(-c3cccc(C#N)c3)nn(CC(=O)N(C)c3ccc4nc(C)oc4c3)c(=O)c2c1. The van der Waals surface area contributed by atoms with Crippen LogP contribution in [0.2, 0.25) is 0 Å². The topological polar surface area (TPSA) is 114 Å². The van der Waals surface area contributed by atoms with E-state index in [-0.39, 0.29) is 12.5 Å². The minimum Gasteiger partial charge on any atom is -0.497 e. The van der Waals surface area contributed by atoms with Crippen LogP contribution in [0, 0.1) is 18.3 Å². The first-order chi connectivity index (χ1) is 17.4. The molecule has 36 heavy (non-hydrogen) atoms. The van der Waals surface area contributed by atoms with E-state index in [2.05, 4.69) is 16.2 Å². The predicted octanol–water partition coefficient (Wildman–Crippen LogP) is 4.06. The van der Waals surface area contributed by atoms with Crippen LogP contribution < -0.4 is 15.2 Å². The Morgan fingerprint density at radius 2 is 1.97 bits per heavy atom. The van der Waals surface area contributed by atoms with Crippen molar-refractivity contribution in [2.45, 2.75) is 13.5 Å². The van der Waals surface area contributed by atoms with Crippen molar-refractivity contribution < 1.29 is 13.9 Å². The molecule has 0 bridgehead atoms. The second kappa shape index (κ2) is 9.00. The van der Waals surface area contributed by atoms with Gasteiger partial charge >= 0.3 is 0 Å². The van der Waals surface area contributed by atoms with Crippen LogP contribution in [0.4, 0.5) is 5.69 Å². The summed E-state index contributed by atoms with van der Waals surface area (Å²) in [4.78, 5) is 32.3. The fourth-order valence-electron chi connectivity index (χ4n) is 4.06. The van der Waals surface area contributed by atoms with Gasteiger partial charge in [0.2, 0.25) is 5.91 Å². The number of rotatable bonds is 5. The summed E-state index contributed by atoms with van der Waals surface area (Å²) in [6, 6.07) is 19.5. The normalized spacial score (nSPS) is 10.9. The molecule has 178 valence electrons. The van der Waals surface area contributed by atoms with Crippen LogP contribution in [0.1, 0.15) is 11.5 Å². The number of ether oxygens (including phenoxy) is 1. The molecule has 0 fully saturated rings. The molecule has 0 N–H and O–H groups in total. The van der Waals surface area contributed by atoms with E-state index in [1.807, 2.05) is 6.07 Å². The van der Waals surface area contributed by atoms with E-state index in [1.54, 1.807) is 68.6 Å². The quantitative estimate of drug-likeness (QED) is 0.373. The number of hydrogen-bond acceptors (Lipinski definition) is 7. The molecule has 0 aliphatic carbocycles. The summed E-state index contributed by atoms with van der Waals surface area (Å²) in [6.45, 7) is 1.46. The number of carbonyl (C=O) groups is 1. The lowest BCUT2D eigenvalue weighted by Crippen LogP contribution is -2.35. The van der Waals surface area contributed by atoms with Gasteiger partial charge in [-0.05, 0) is 42.5 Å². The minimum absolute atomic E-state index is 0.291. The molecule has 3 aromatic carbocycles. The number of nitrogens with zero attached hydrogens (tertiary/aromatic N) is 5. The highest BCUT2D eigenvalue weighted by molar-refractivity contribution is 5.96. The lowest BCUT2D eigenvalue weighted by atomic mass is 10.0. The maximum atomic E-state index is 13.4. The summed E-state index contributed by atoms with van der Waals surface area (Å²) in [5.41, 5.74) is 3.04. The van der Waals surface area contributed by atoms with Crippen molar-refractivity contribution in [2.24, 2.45) is 0 Å². The van der Waals surface area contributed by atoms with Gasteiger partial charge in [0.05, 0.1) is 29.8 Å². The number of fused-ring (bicyclic) bond motifs is 2. The van der Waals surface area contributed by atoms with Gasteiger partial charge in [0, 0.05) is 36.7 Å². The zero-order valence-electron chi connectivity index (χ0n) is 19.8. The molecule has 0 aliphatic rings. The minimum atomic E-state index is -0.424. The molecule has 0 aliphatic heterocycles. The van der Waals surface area contributed by atoms with Gasteiger partial charge in [-0.25, -0.2) is 9.67 Å². The lowest BCUT2D eigenvalue weighted by molar-refractivity contribution is -0.119. The number of likely N-dealkylation sites (N-methyl/N-ethyl adjacent to an activating group) is 1. The summed E-state index contributed by atoms with van der Waals surface area (Å²) in [6.07, 6.45) is 0. The number of carbonyl (C=O) groups excluding carboxylic acids is 1. The van der Waals surface area contributed by atoms with Gasteiger partial charge in [-0.1, -0.05) is 12.1 Å². The molecule has 2 heterocycles. The third-order valence-corrected chi connectivity index (χ3v) is 5.96. The molecule has 0 saturated heterocycles. The van der Waals surface area contributed by atoms with Crippen molar-refractivity contribution in [1.29, 1.82) is 5.26 Å². The van der Waals surface area contributed by atoms with E-state index in [1.165, 1.54) is 12.0 Å². The van der Waals surface area contributed by atoms with Crippen molar-refractivity contribution in [2.75, 3.05) is 19.1 Å². The van der Waals surface area contributed by atoms with E-state index in [0.717, 1.165) is 4.68 Å². The Morgan fingerprint density at radius 1 is 1.14 bits per heavy atom. The van der Waals surface area contributed by atoms with E-state index in [0.29, 0.717) is 56.0 Å². The van der Waals surface area contributed by atoms with Crippen LogP contribution >= 0.6 is 0 Å². The number of amides is 1. The van der Waals surface area contributed by atoms with Gasteiger partial charge in [-0.2, -0.15) is 10.4 Å². The molecule has 1 amide bonds. The fraction of sp³-hybridized carbons (Fsp3) is 0.148. The molecule has 0 unspecified atom stereocenters. The zero-order chi connectivity index (χ0) is 25.4. The van der Waals surface area contributed by atoms with Gasteiger partial charge in [-0.3, -0.25) is 9.59 Å². The van der Waals surface area contributed by atoms with Crippen molar-refractivity contribution in [3.8, 4) is 23.1 Å². The van der Waals surface area contributed by atoms with Crippen LogP contribution in [-0.2, 0) is 11.3 Å². The van der Waals surface area contributed by atoms with Crippen LogP contribution in [0.3, 0.4) is 0 Å². The summed E-state index contributed by atoms with van der Waals surface area (Å²) >= 11 is 0. The predicted molar refractivity (Wildman–Crippen MR) is 135 cm³/mol. The van der Waals surface area contributed by atoms with E-state index < -0.39 is 5.56 Å². The number of nitriles is 1. The molecule has 5 rings (SSSR count). The standard InChI is InChI=1S/C27H21N5O4/c1-16-29-23-10-7-19(12-24(23)36-16)31(2)25(33)15-32-27(34)22-13-20(35-3)8-9-21(22)26(30-32)18-6-4-5-17(11-18)14-28/h4-13H,15H2,1-3H3. The summed E-state index contributed by atoms with van der Waals surface area (Å²) in [5.74, 6) is 0.693. The maximum Gasteiger partial charge on any atom is 0.275 e. The van der Waals surface area contributed by atoms with E-state index in [9.17, 15) is 14.9 Å². The molecule has 5 aromatic rings. The number of anilines is 1. The first-order valence-electron chi connectivity index (χ1n) is 11.1. The molecule has 9 nitrogen and oxygen atoms in total. The number of oxazole rings is 1. The van der Waals surface area contributed by atoms with Crippen molar-refractivity contribution in [1.82, 2.24) is 14.8 Å². The van der Waals surface area contributed by atoms with Gasteiger partial charge in [0.15, 0.2) is 11.5 Å². The summed E-state index contributed by atoms with van der Waals surface area (Å²) in [7, 11) is 3.14. The molecule has 0 radical (unpaired) electrons. The Morgan fingerprint density at radius 3 is 2.75 bits per heavy atom.